The van der Waals surface area contributed by atoms with E-state index in [1.54, 1.807) is 0 Å². The van der Waals surface area contributed by atoms with Crippen molar-refractivity contribution in [1.82, 2.24) is 14.5 Å². The molecule has 1 aliphatic carbocycles. The van der Waals surface area contributed by atoms with Crippen molar-refractivity contribution in [2.75, 3.05) is 43.9 Å². The highest BCUT2D eigenvalue weighted by Gasteiger charge is 2.23. The fourth-order valence-corrected chi connectivity index (χ4v) is 5.01. The number of nitrogens with one attached hydrogen (secondary N) is 1. The van der Waals surface area contributed by atoms with Gasteiger partial charge in [-0.25, -0.2) is 4.79 Å². The molecular formula is C21H25BrN4O3S. The summed E-state index contributed by atoms with van der Waals surface area (Å²) in [7, 11) is 0. The largest absolute Gasteiger partial charge is 0.379 e. The van der Waals surface area contributed by atoms with Crippen molar-refractivity contribution in [3.8, 4) is 0 Å². The highest BCUT2D eigenvalue weighted by Crippen LogP contribution is 2.29. The van der Waals surface area contributed by atoms with Gasteiger partial charge in [0, 0.05) is 47.6 Å². The molecular weight excluding hydrogens is 468 g/mol. The van der Waals surface area contributed by atoms with E-state index in [1.807, 2.05) is 28.8 Å². The van der Waals surface area contributed by atoms with Gasteiger partial charge in [-0.3, -0.25) is 14.3 Å². The van der Waals surface area contributed by atoms with E-state index in [1.165, 1.54) is 11.8 Å². The molecule has 0 saturated carbocycles. The van der Waals surface area contributed by atoms with Crippen molar-refractivity contribution in [1.29, 1.82) is 0 Å². The second kappa shape index (κ2) is 10.1. The molecule has 0 unspecified atom stereocenters. The molecule has 0 atom stereocenters. The van der Waals surface area contributed by atoms with Crippen LogP contribution in [0, 0.1) is 0 Å². The van der Waals surface area contributed by atoms with Crippen LogP contribution in [-0.2, 0) is 28.9 Å². The summed E-state index contributed by atoms with van der Waals surface area (Å²) in [6.45, 7) is 4.81. The molecule has 0 spiro atoms. The summed E-state index contributed by atoms with van der Waals surface area (Å²) in [5, 5.41) is 3.59. The molecule has 2 aliphatic rings. The molecule has 9 heteroatoms. The number of rotatable bonds is 7. The predicted molar refractivity (Wildman–Crippen MR) is 121 cm³/mol. The first-order valence-electron chi connectivity index (χ1n) is 10.2. The number of carbonyl (C=O) groups excluding carboxylic acids is 1. The fraction of sp³-hybridized carbons (Fsp3) is 0.476. The molecule has 1 aromatic heterocycles. The van der Waals surface area contributed by atoms with Gasteiger partial charge in [-0.1, -0.05) is 27.7 Å². The summed E-state index contributed by atoms with van der Waals surface area (Å²) >= 11 is 4.74. The van der Waals surface area contributed by atoms with Crippen LogP contribution in [0.4, 0.5) is 5.69 Å². The molecule has 30 heavy (non-hydrogen) atoms. The van der Waals surface area contributed by atoms with Crippen molar-refractivity contribution in [3.05, 3.63) is 50.5 Å². The SMILES string of the molecule is O=C(CSc1nc(=O)n(CCN2CCOCC2)c2c1CCC2)Nc1ccc(Br)cc1. The van der Waals surface area contributed by atoms with E-state index >= 15 is 0 Å². The summed E-state index contributed by atoms with van der Waals surface area (Å²) in [4.78, 5) is 31.7. The average molecular weight is 493 g/mol. The van der Waals surface area contributed by atoms with Gasteiger partial charge in [0.2, 0.25) is 5.91 Å². The molecule has 1 aromatic carbocycles. The highest BCUT2D eigenvalue weighted by molar-refractivity contribution is 9.10. The number of amides is 1. The lowest BCUT2D eigenvalue weighted by Crippen LogP contribution is -2.40. The minimum absolute atomic E-state index is 0.104. The maximum atomic E-state index is 12.7. The molecule has 0 bridgehead atoms. The first kappa shape index (κ1) is 21.5. The van der Waals surface area contributed by atoms with E-state index in [-0.39, 0.29) is 17.3 Å². The number of hydrogen-bond donors (Lipinski definition) is 1. The minimum atomic E-state index is -0.209. The van der Waals surface area contributed by atoms with Gasteiger partial charge < -0.3 is 10.1 Å². The topological polar surface area (TPSA) is 76.5 Å². The molecule has 1 amide bonds. The lowest BCUT2D eigenvalue weighted by Gasteiger charge is -2.27. The van der Waals surface area contributed by atoms with Crippen LogP contribution in [0.25, 0.3) is 0 Å². The van der Waals surface area contributed by atoms with Crippen LogP contribution in [0.5, 0.6) is 0 Å². The van der Waals surface area contributed by atoms with Crippen LogP contribution < -0.4 is 11.0 Å². The van der Waals surface area contributed by atoms with E-state index in [4.69, 9.17) is 4.74 Å². The Balaban J connectivity index is 1.40. The number of halogens is 1. The first-order valence-corrected chi connectivity index (χ1v) is 12.0. The molecule has 1 fully saturated rings. The van der Waals surface area contributed by atoms with Crippen molar-refractivity contribution >= 4 is 39.3 Å². The normalized spacial score (nSPS) is 16.4. The Kier molecular flexibility index (Phi) is 7.24. The van der Waals surface area contributed by atoms with Crippen molar-refractivity contribution in [3.63, 3.8) is 0 Å². The number of hydrogen-bond acceptors (Lipinski definition) is 6. The van der Waals surface area contributed by atoms with Gasteiger partial charge in [-0.05, 0) is 43.5 Å². The molecule has 4 rings (SSSR count). The number of ether oxygens (including phenoxy) is 1. The van der Waals surface area contributed by atoms with Crippen LogP contribution in [0.2, 0.25) is 0 Å². The van der Waals surface area contributed by atoms with E-state index in [0.29, 0.717) is 11.6 Å². The third kappa shape index (κ3) is 5.32. The van der Waals surface area contributed by atoms with Crippen LogP contribution in [-0.4, -0.2) is 59.0 Å². The molecule has 2 heterocycles. The average Bonchev–Trinajstić information content (AvgIpc) is 3.24. The van der Waals surface area contributed by atoms with Crippen molar-refractivity contribution in [2.45, 2.75) is 30.8 Å². The molecule has 2 aromatic rings. The van der Waals surface area contributed by atoms with Gasteiger partial charge in [-0.2, -0.15) is 4.98 Å². The maximum Gasteiger partial charge on any atom is 0.348 e. The smallest absolute Gasteiger partial charge is 0.348 e. The van der Waals surface area contributed by atoms with E-state index < -0.39 is 0 Å². The third-order valence-electron chi connectivity index (χ3n) is 5.41. The zero-order valence-corrected chi connectivity index (χ0v) is 19.1. The molecule has 1 aliphatic heterocycles. The van der Waals surface area contributed by atoms with Crippen LogP contribution >= 0.6 is 27.7 Å². The lowest BCUT2D eigenvalue weighted by atomic mass is 10.2. The Morgan fingerprint density at radius 1 is 1.17 bits per heavy atom. The van der Waals surface area contributed by atoms with Crippen molar-refractivity contribution in [2.24, 2.45) is 0 Å². The Hall–Kier alpha value is -1.68. The number of aromatic nitrogens is 2. The third-order valence-corrected chi connectivity index (χ3v) is 6.96. The summed E-state index contributed by atoms with van der Waals surface area (Å²) in [6, 6.07) is 7.46. The summed E-state index contributed by atoms with van der Waals surface area (Å²) in [5.41, 5.74) is 2.78. The quantitative estimate of drug-likeness (QED) is 0.472. The second-order valence-corrected chi connectivity index (χ2v) is 9.31. The lowest BCUT2D eigenvalue weighted by molar-refractivity contribution is -0.113. The zero-order valence-electron chi connectivity index (χ0n) is 16.7. The Labute approximate surface area is 188 Å². The fourth-order valence-electron chi connectivity index (χ4n) is 3.87. The van der Waals surface area contributed by atoms with E-state index in [0.717, 1.165) is 73.5 Å². The predicted octanol–water partition coefficient (Wildman–Crippen LogP) is 2.56. The Morgan fingerprint density at radius 3 is 2.70 bits per heavy atom. The molecule has 0 radical (unpaired) electrons. The van der Waals surface area contributed by atoms with Gasteiger partial charge in [0.15, 0.2) is 0 Å². The van der Waals surface area contributed by atoms with Crippen molar-refractivity contribution < 1.29 is 9.53 Å². The first-order chi connectivity index (χ1) is 14.6. The number of anilines is 1. The van der Waals surface area contributed by atoms with Gasteiger partial charge in [0.25, 0.3) is 0 Å². The highest BCUT2D eigenvalue weighted by atomic mass is 79.9. The van der Waals surface area contributed by atoms with Gasteiger partial charge in [0.1, 0.15) is 5.03 Å². The second-order valence-electron chi connectivity index (χ2n) is 7.43. The van der Waals surface area contributed by atoms with E-state index in [2.05, 4.69) is 31.1 Å². The standard InChI is InChI=1S/C21H25BrN4O3S/c22-15-4-6-16(7-5-15)23-19(27)14-30-20-17-2-1-3-18(17)26(21(28)24-20)9-8-25-10-12-29-13-11-25/h4-7H,1-3,8-14H2,(H,23,27). The van der Waals surface area contributed by atoms with Gasteiger partial charge in [0.05, 0.1) is 19.0 Å². The van der Waals surface area contributed by atoms with Gasteiger partial charge >= 0.3 is 5.69 Å². The van der Waals surface area contributed by atoms with Crippen LogP contribution in [0.15, 0.2) is 38.6 Å². The number of morpholine rings is 1. The molecule has 1 N–H and O–H groups in total. The molecule has 160 valence electrons. The summed E-state index contributed by atoms with van der Waals surface area (Å²) < 4.78 is 8.19. The molecule has 1 saturated heterocycles. The Bertz CT molecular complexity index is 958. The maximum absolute atomic E-state index is 12.7. The summed E-state index contributed by atoms with van der Waals surface area (Å²) in [5.74, 6) is 0.125. The summed E-state index contributed by atoms with van der Waals surface area (Å²) in [6.07, 6.45) is 2.84. The number of benzene rings is 1. The monoisotopic (exact) mass is 492 g/mol. The number of thioether (sulfide) groups is 1. The number of carbonyl (C=O) groups is 1. The number of nitrogens with zero attached hydrogens (tertiary/aromatic N) is 3. The van der Waals surface area contributed by atoms with E-state index in [9.17, 15) is 9.59 Å². The van der Waals surface area contributed by atoms with Crippen LogP contribution in [0.1, 0.15) is 17.7 Å². The zero-order chi connectivity index (χ0) is 20.9. The Morgan fingerprint density at radius 2 is 1.93 bits per heavy atom. The molecule has 7 nitrogen and oxygen atoms in total. The van der Waals surface area contributed by atoms with Gasteiger partial charge in [-0.15, -0.1) is 0 Å². The van der Waals surface area contributed by atoms with Crippen LogP contribution in [0.3, 0.4) is 0 Å². The number of fused-ring (bicyclic) bond motifs is 1. The minimum Gasteiger partial charge on any atom is -0.379 e.